The molecule has 0 amide bonds. The van der Waals surface area contributed by atoms with Gasteiger partial charge < -0.3 is 10.5 Å². The van der Waals surface area contributed by atoms with E-state index in [1.54, 1.807) is 6.20 Å². The largest absolute Gasteiger partial charge is 0.477 e. The number of pyridine rings is 1. The summed E-state index contributed by atoms with van der Waals surface area (Å²) in [6.07, 6.45) is 1.72. The molecule has 0 unspecified atom stereocenters. The van der Waals surface area contributed by atoms with Crippen molar-refractivity contribution in [1.82, 2.24) is 4.98 Å². The van der Waals surface area contributed by atoms with Gasteiger partial charge in [-0.1, -0.05) is 20.8 Å². The number of aromatic nitrogens is 1. The lowest BCUT2D eigenvalue weighted by Crippen LogP contribution is -2.17. The average Bonchev–Trinajstić information content (AvgIpc) is 2.14. The van der Waals surface area contributed by atoms with Crippen molar-refractivity contribution < 1.29 is 4.74 Å². The van der Waals surface area contributed by atoms with Gasteiger partial charge in [0.05, 0.1) is 6.61 Å². The summed E-state index contributed by atoms with van der Waals surface area (Å²) in [5.74, 6) is 0.655. The van der Waals surface area contributed by atoms with Gasteiger partial charge >= 0.3 is 0 Å². The van der Waals surface area contributed by atoms with Crippen molar-refractivity contribution in [3.63, 3.8) is 0 Å². The minimum absolute atomic E-state index is 0.153. The van der Waals surface area contributed by atoms with Crippen LogP contribution < -0.4 is 10.5 Å². The summed E-state index contributed by atoms with van der Waals surface area (Å²) in [5, 5.41) is 0. The average molecular weight is 194 g/mol. The molecule has 0 aliphatic carbocycles. The summed E-state index contributed by atoms with van der Waals surface area (Å²) >= 11 is 0. The van der Waals surface area contributed by atoms with E-state index in [9.17, 15) is 0 Å². The highest BCUT2D eigenvalue weighted by Gasteiger charge is 2.11. The lowest BCUT2D eigenvalue weighted by atomic mass is 9.99. The fraction of sp³-hybridized carbons (Fsp3) is 0.545. The van der Waals surface area contributed by atoms with Crippen LogP contribution in [0.25, 0.3) is 0 Å². The lowest BCUT2D eigenvalue weighted by molar-refractivity contribution is 0.191. The van der Waals surface area contributed by atoms with Crippen molar-refractivity contribution in [2.24, 2.45) is 11.1 Å². The molecule has 0 saturated heterocycles. The van der Waals surface area contributed by atoms with Crippen LogP contribution in [-0.4, -0.2) is 11.6 Å². The number of hydrogen-bond acceptors (Lipinski definition) is 3. The fourth-order valence-electron chi connectivity index (χ4n) is 0.947. The smallest absolute Gasteiger partial charge is 0.213 e. The van der Waals surface area contributed by atoms with Gasteiger partial charge in [-0.25, -0.2) is 4.98 Å². The van der Waals surface area contributed by atoms with E-state index in [2.05, 4.69) is 25.8 Å². The number of ether oxygens (including phenoxy) is 1. The first-order valence-corrected chi connectivity index (χ1v) is 4.79. The summed E-state index contributed by atoms with van der Waals surface area (Å²) in [4.78, 5) is 4.11. The first-order chi connectivity index (χ1) is 6.51. The Balaban J connectivity index is 2.59. The van der Waals surface area contributed by atoms with E-state index in [0.29, 0.717) is 19.0 Å². The van der Waals surface area contributed by atoms with Crippen LogP contribution in [0.1, 0.15) is 26.3 Å². The zero-order valence-electron chi connectivity index (χ0n) is 9.08. The molecule has 0 aromatic carbocycles. The molecule has 3 nitrogen and oxygen atoms in total. The molecule has 0 spiro atoms. The molecule has 14 heavy (non-hydrogen) atoms. The van der Waals surface area contributed by atoms with Gasteiger partial charge in [-0.05, 0) is 17.0 Å². The monoisotopic (exact) mass is 194 g/mol. The van der Waals surface area contributed by atoms with Crippen molar-refractivity contribution in [3.05, 3.63) is 23.9 Å². The van der Waals surface area contributed by atoms with Crippen molar-refractivity contribution in [1.29, 1.82) is 0 Å². The van der Waals surface area contributed by atoms with Gasteiger partial charge in [-0.2, -0.15) is 0 Å². The molecule has 78 valence electrons. The third-order valence-corrected chi connectivity index (χ3v) is 1.69. The molecule has 0 atom stereocenters. The first kappa shape index (κ1) is 11.0. The van der Waals surface area contributed by atoms with Crippen molar-refractivity contribution >= 4 is 0 Å². The van der Waals surface area contributed by atoms with Crippen LogP contribution in [0.5, 0.6) is 5.88 Å². The zero-order valence-corrected chi connectivity index (χ0v) is 9.08. The Morgan fingerprint density at radius 1 is 1.43 bits per heavy atom. The summed E-state index contributed by atoms with van der Waals surface area (Å²) in [6, 6.07) is 3.77. The van der Waals surface area contributed by atoms with Crippen LogP contribution in [0.3, 0.4) is 0 Å². The Morgan fingerprint density at radius 2 is 2.14 bits per heavy atom. The highest BCUT2D eigenvalue weighted by molar-refractivity contribution is 5.20. The van der Waals surface area contributed by atoms with Gasteiger partial charge in [0.1, 0.15) is 0 Å². The number of rotatable bonds is 3. The summed E-state index contributed by atoms with van der Waals surface area (Å²) in [5.41, 5.74) is 6.72. The molecule has 2 N–H and O–H groups in total. The third kappa shape index (κ3) is 3.75. The molecular formula is C11H18N2O. The molecule has 1 heterocycles. The molecule has 3 heteroatoms. The molecule has 0 radical (unpaired) electrons. The predicted molar refractivity (Wildman–Crippen MR) is 57.1 cm³/mol. The molecule has 0 saturated carbocycles. The van der Waals surface area contributed by atoms with Crippen molar-refractivity contribution in [3.8, 4) is 5.88 Å². The van der Waals surface area contributed by atoms with Crippen LogP contribution in [0.2, 0.25) is 0 Å². The van der Waals surface area contributed by atoms with Crippen LogP contribution in [0, 0.1) is 5.41 Å². The molecule has 1 aromatic rings. The van der Waals surface area contributed by atoms with Gasteiger partial charge in [0.2, 0.25) is 5.88 Å². The second-order valence-corrected chi connectivity index (χ2v) is 4.56. The number of nitrogens with two attached hydrogens (primary N) is 1. The van der Waals surface area contributed by atoms with Gasteiger partial charge in [-0.15, -0.1) is 0 Å². The Morgan fingerprint density at radius 3 is 2.71 bits per heavy atom. The Kier molecular flexibility index (Phi) is 3.47. The second-order valence-electron chi connectivity index (χ2n) is 4.56. The predicted octanol–water partition coefficient (Wildman–Crippen LogP) is 1.97. The van der Waals surface area contributed by atoms with Crippen LogP contribution in [0.15, 0.2) is 18.3 Å². The highest BCUT2D eigenvalue weighted by Crippen LogP contribution is 2.16. The van der Waals surface area contributed by atoms with E-state index in [4.69, 9.17) is 10.5 Å². The molecule has 0 aliphatic heterocycles. The second kappa shape index (κ2) is 4.42. The molecule has 1 aromatic heterocycles. The maximum absolute atomic E-state index is 5.55. The third-order valence-electron chi connectivity index (χ3n) is 1.69. The first-order valence-electron chi connectivity index (χ1n) is 4.79. The quantitative estimate of drug-likeness (QED) is 0.800. The molecule has 0 aliphatic rings. The van der Waals surface area contributed by atoms with Crippen molar-refractivity contribution in [2.45, 2.75) is 27.3 Å². The molecular weight excluding hydrogens is 176 g/mol. The minimum Gasteiger partial charge on any atom is -0.477 e. The van der Waals surface area contributed by atoms with Crippen LogP contribution >= 0.6 is 0 Å². The maximum Gasteiger partial charge on any atom is 0.213 e. The fourth-order valence-corrected chi connectivity index (χ4v) is 0.947. The zero-order chi connectivity index (χ0) is 10.6. The topological polar surface area (TPSA) is 48.1 Å². The van der Waals surface area contributed by atoms with Gasteiger partial charge in [-0.3, -0.25) is 0 Å². The van der Waals surface area contributed by atoms with Gasteiger partial charge in [0, 0.05) is 18.8 Å². The summed E-state index contributed by atoms with van der Waals surface area (Å²) in [6.45, 7) is 7.56. The summed E-state index contributed by atoms with van der Waals surface area (Å²) < 4.78 is 5.55. The highest BCUT2D eigenvalue weighted by atomic mass is 16.5. The SMILES string of the molecule is CC(C)(C)COc1cc(CN)ccn1. The van der Waals surface area contributed by atoms with Crippen molar-refractivity contribution in [2.75, 3.05) is 6.61 Å². The van der Waals surface area contributed by atoms with E-state index >= 15 is 0 Å². The minimum atomic E-state index is 0.153. The van der Waals surface area contributed by atoms with E-state index in [1.165, 1.54) is 0 Å². The van der Waals surface area contributed by atoms with E-state index in [-0.39, 0.29) is 5.41 Å². The number of hydrogen-bond donors (Lipinski definition) is 1. The molecule has 1 rings (SSSR count). The Bertz CT molecular complexity index is 292. The Hall–Kier alpha value is -1.09. The van der Waals surface area contributed by atoms with Crippen LogP contribution in [0.4, 0.5) is 0 Å². The van der Waals surface area contributed by atoms with E-state index < -0.39 is 0 Å². The maximum atomic E-state index is 5.55. The van der Waals surface area contributed by atoms with Gasteiger partial charge in [0.15, 0.2) is 0 Å². The van der Waals surface area contributed by atoms with E-state index in [1.807, 2.05) is 12.1 Å². The standard InChI is InChI=1S/C11H18N2O/c1-11(2,3)8-14-10-6-9(7-12)4-5-13-10/h4-6H,7-8,12H2,1-3H3. The molecule has 0 bridgehead atoms. The molecule has 0 fully saturated rings. The Labute approximate surface area is 85.3 Å². The van der Waals surface area contributed by atoms with Crippen LogP contribution in [-0.2, 0) is 6.54 Å². The van der Waals surface area contributed by atoms with Gasteiger partial charge in [0.25, 0.3) is 0 Å². The van der Waals surface area contributed by atoms with E-state index in [0.717, 1.165) is 5.56 Å². The lowest BCUT2D eigenvalue weighted by Gasteiger charge is -2.18. The number of nitrogens with zero attached hydrogens (tertiary/aromatic N) is 1. The normalized spacial score (nSPS) is 11.4. The summed E-state index contributed by atoms with van der Waals surface area (Å²) in [7, 11) is 0.